The van der Waals surface area contributed by atoms with E-state index in [0.29, 0.717) is 71.0 Å². The van der Waals surface area contributed by atoms with Gasteiger partial charge in [0.05, 0.1) is 6.04 Å². The number of hydrogen-bond donors (Lipinski definition) is 6. The maximum atomic E-state index is 13.9. The molecule has 290 valence electrons. The van der Waals surface area contributed by atoms with E-state index in [1.165, 1.54) is 0 Å². The number of likely N-dealkylation sites (tertiary alicyclic amines) is 2. The minimum atomic E-state index is -0.960. The van der Waals surface area contributed by atoms with Crippen molar-refractivity contribution < 1.29 is 29.1 Å². The molecule has 4 rings (SSSR count). The van der Waals surface area contributed by atoms with E-state index in [-0.39, 0.29) is 24.3 Å². The molecular weight excluding hydrogens is 674 g/mol. The fourth-order valence-electron chi connectivity index (χ4n) is 7.42. The maximum absolute atomic E-state index is 13.9. The number of aliphatic carboxylic acids is 1. The molecule has 2 fully saturated rings. The molecule has 0 radical (unpaired) electrons. The third-order valence-corrected chi connectivity index (χ3v) is 10.3. The monoisotopic (exact) mass is 733 g/mol. The van der Waals surface area contributed by atoms with Crippen LogP contribution in [0, 0.1) is 5.92 Å². The van der Waals surface area contributed by atoms with E-state index in [9.17, 15) is 29.1 Å². The molecular formula is C40H59N7O6. The van der Waals surface area contributed by atoms with Crippen LogP contribution in [-0.4, -0.2) is 107 Å². The number of nitrogens with two attached hydrogens (primary N) is 2. The number of hydrogen-bond acceptors (Lipinski definition) is 8. The Morgan fingerprint density at radius 3 is 1.96 bits per heavy atom. The van der Waals surface area contributed by atoms with E-state index in [1.54, 1.807) is 4.90 Å². The summed E-state index contributed by atoms with van der Waals surface area (Å²) in [4.78, 5) is 70.6. The molecule has 5 atom stereocenters. The highest BCUT2D eigenvalue weighted by Crippen LogP contribution is 2.26. The highest BCUT2D eigenvalue weighted by atomic mass is 16.4. The molecule has 2 heterocycles. The molecule has 53 heavy (non-hydrogen) atoms. The third kappa shape index (κ3) is 12.6. The average molecular weight is 734 g/mol. The summed E-state index contributed by atoms with van der Waals surface area (Å²) in [5.41, 5.74) is 14.0. The second kappa shape index (κ2) is 20.8. The average Bonchev–Trinajstić information content (AvgIpc) is 3.66. The first-order chi connectivity index (χ1) is 25.5. The van der Waals surface area contributed by atoms with Gasteiger partial charge in [0.2, 0.25) is 23.6 Å². The molecule has 13 heteroatoms. The highest BCUT2D eigenvalue weighted by Gasteiger charge is 2.38. The summed E-state index contributed by atoms with van der Waals surface area (Å²) in [5, 5.41) is 18.3. The predicted molar refractivity (Wildman–Crippen MR) is 203 cm³/mol. The van der Waals surface area contributed by atoms with Crippen LogP contribution in [0.15, 0.2) is 60.7 Å². The van der Waals surface area contributed by atoms with E-state index >= 15 is 0 Å². The van der Waals surface area contributed by atoms with E-state index < -0.39 is 53.9 Å². The Balaban J connectivity index is 1.43. The van der Waals surface area contributed by atoms with Crippen LogP contribution in [-0.2, 0) is 36.8 Å². The molecule has 8 N–H and O–H groups in total. The van der Waals surface area contributed by atoms with Gasteiger partial charge in [-0.05, 0) is 94.3 Å². The topological polar surface area (TPSA) is 200 Å². The SMILES string of the molecule is CC(C)C[C@@H](NC(=O)[C@@H](CCc1ccccc1)NC(=O)[C@H](N)Cc1ccccc1)C(=O)N[C@H](CCCN)C(=O)N1CCC(N2CCC[C@H]2C(=O)O)CC1. The van der Waals surface area contributed by atoms with Crippen LogP contribution in [0.4, 0.5) is 0 Å². The van der Waals surface area contributed by atoms with Gasteiger partial charge in [0, 0.05) is 19.1 Å². The Labute approximate surface area is 313 Å². The number of carboxylic acids is 1. The molecule has 0 aliphatic carbocycles. The van der Waals surface area contributed by atoms with Crippen molar-refractivity contribution in [2.75, 3.05) is 26.2 Å². The van der Waals surface area contributed by atoms with Crippen LogP contribution in [0.1, 0.15) is 76.3 Å². The Morgan fingerprint density at radius 2 is 1.36 bits per heavy atom. The zero-order valence-electron chi connectivity index (χ0n) is 31.3. The molecule has 2 aliphatic rings. The number of rotatable bonds is 19. The number of carbonyl (C=O) groups excluding carboxylic acids is 4. The number of carbonyl (C=O) groups is 5. The molecule has 4 amide bonds. The number of nitrogens with zero attached hydrogens (tertiary/aromatic N) is 2. The largest absolute Gasteiger partial charge is 0.480 e. The summed E-state index contributed by atoms with van der Waals surface area (Å²) >= 11 is 0. The van der Waals surface area contributed by atoms with Crippen molar-refractivity contribution in [3.8, 4) is 0 Å². The van der Waals surface area contributed by atoms with Crippen LogP contribution in [0.5, 0.6) is 0 Å². The molecule has 13 nitrogen and oxygen atoms in total. The van der Waals surface area contributed by atoms with E-state index in [0.717, 1.165) is 24.1 Å². The van der Waals surface area contributed by atoms with Gasteiger partial charge in [-0.1, -0.05) is 74.5 Å². The second-order valence-corrected chi connectivity index (χ2v) is 14.9. The second-order valence-electron chi connectivity index (χ2n) is 14.9. The minimum Gasteiger partial charge on any atom is -0.480 e. The molecule has 0 spiro atoms. The summed E-state index contributed by atoms with van der Waals surface area (Å²) in [5.74, 6) is -2.43. The van der Waals surface area contributed by atoms with Gasteiger partial charge in [-0.3, -0.25) is 28.9 Å². The van der Waals surface area contributed by atoms with Gasteiger partial charge in [-0.2, -0.15) is 0 Å². The quantitative estimate of drug-likeness (QED) is 0.125. The van der Waals surface area contributed by atoms with Gasteiger partial charge in [-0.15, -0.1) is 0 Å². The summed E-state index contributed by atoms with van der Waals surface area (Å²) < 4.78 is 0. The predicted octanol–water partition coefficient (Wildman–Crippen LogP) is 1.97. The normalized spacial score (nSPS) is 18.9. The van der Waals surface area contributed by atoms with Gasteiger partial charge in [-0.25, -0.2) is 0 Å². The molecule has 2 aromatic rings. The first-order valence-electron chi connectivity index (χ1n) is 19.2. The van der Waals surface area contributed by atoms with Crippen molar-refractivity contribution in [3.05, 3.63) is 71.8 Å². The third-order valence-electron chi connectivity index (χ3n) is 10.3. The van der Waals surface area contributed by atoms with Crippen molar-refractivity contribution in [1.82, 2.24) is 25.8 Å². The summed E-state index contributed by atoms with van der Waals surface area (Å²) in [6.07, 6.45) is 5.06. The number of aryl methyl sites for hydroxylation is 1. The maximum Gasteiger partial charge on any atom is 0.320 e. The lowest BCUT2D eigenvalue weighted by Crippen LogP contribution is -2.59. The smallest absolute Gasteiger partial charge is 0.320 e. The first kappa shape index (κ1) is 41.4. The zero-order chi connectivity index (χ0) is 38.3. The molecule has 2 saturated heterocycles. The van der Waals surface area contributed by atoms with Crippen molar-refractivity contribution in [2.24, 2.45) is 17.4 Å². The van der Waals surface area contributed by atoms with E-state index in [4.69, 9.17) is 11.5 Å². The zero-order valence-corrected chi connectivity index (χ0v) is 31.3. The number of carboxylic acid groups (broad SMARTS) is 1. The van der Waals surface area contributed by atoms with Gasteiger partial charge in [0.15, 0.2) is 0 Å². The Bertz CT molecular complexity index is 1480. The fraction of sp³-hybridized carbons (Fsp3) is 0.575. The van der Waals surface area contributed by atoms with Crippen molar-refractivity contribution in [3.63, 3.8) is 0 Å². The lowest BCUT2D eigenvalue weighted by molar-refractivity contribution is -0.144. The van der Waals surface area contributed by atoms with Crippen LogP contribution in [0.3, 0.4) is 0 Å². The standard InChI is InChI=1S/C40H59N7O6/c1-27(2)25-34(38(50)44-33(15-9-21-41)39(51)46-23-19-30(20-24-46)47-22-10-16-35(47)40(52)53)45-37(49)32(18-17-28-11-5-3-6-12-28)43-36(48)31(42)26-29-13-7-4-8-14-29/h3-8,11-14,27,30-35H,9-10,15-26,41-42H2,1-2H3,(H,43,48)(H,44,50)(H,45,49)(H,52,53)/t31-,32-,33-,34-,35+/m1/s1. The van der Waals surface area contributed by atoms with Crippen molar-refractivity contribution >= 4 is 29.6 Å². The van der Waals surface area contributed by atoms with Gasteiger partial charge in [0.1, 0.15) is 24.2 Å². The highest BCUT2D eigenvalue weighted by molar-refractivity contribution is 5.95. The Morgan fingerprint density at radius 1 is 0.774 bits per heavy atom. The van der Waals surface area contributed by atoms with Gasteiger partial charge < -0.3 is 37.4 Å². The van der Waals surface area contributed by atoms with E-state index in [1.807, 2.05) is 74.5 Å². The Hall–Kier alpha value is -4.33. The number of benzene rings is 2. The molecule has 0 unspecified atom stereocenters. The van der Waals surface area contributed by atoms with Crippen LogP contribution in [0.25, 0.3) is 0 Å². The fourth-order valence-corrected chi connectivity index (χ4v) is 7.42. The molecule has 0 saturated carbocycles. The number of amides is 4. The van der Waals surface area contributed by atoms with Crippen molar-refractivity contribution in [1.29, 1.82) is 0 Å². The number of piperidine rings is 1. The summed E-state index contributed by atoms with van der Waals surface area (Å²) in [7, 11) is 0. The van der Waals surface area contributed by atoms with Gasteiger partial charge >= 0.3 is 5.97 Å². The molecule has 0 aromatic heterocycles. The van der Waals surface area contributed by atoms with Gasteiger partial charge in [0.25, 0.3) is 0 Å². The van der Waals surface area contributed by atoms with Crippen LogP contribution >= 0.6 is 0 Å². The van der Waals surface area contributed by atoms with E-state index in [2.05, 4.69) is 20.9 Å². The lowest BCUT2D eigenvalue weighted by Gasteiger charge is -2.39. The summed E-state index contributed by atoms with van der Waals surface area (Å²) in [6, 6.07) is 15.0. The molecule has 0 bridgehead atoms. The molecule has 2 aromatic carbocycles. The van der Waals surface area contributed by atoms with Crippen molar-refractivity contribution in [2.45, 2.75) is 114 Å². The van der Waals surface area contributed by atoms with Crippen LogP contribution in [0.2, 0.25) is 0 Å². The molecule has 2 aliphatic heterocycles. The minimum absolute atomic E-state index is 0.0279. The first-order valence-corrected chi connectivity index (χ1v) is 19.2. The van der Waals surface area contributed by atoms with Crippen LogP contribution < -0.4 is 27.4 Å². The lowest BCUT2D eigenvalue weighted by atomic mass is 9.99. The summed E-state index contributed by atoms with van der Waals surface area (Å²) in [6.45, 7) is 5.89. The number of nitrogens with one attached hydrogen (secondary N) is 3. The Kier molecular flexibility index (Phi) is 16.2.